The standard InChI is InChI=1S/C6H9NO4/c1-3-10-6(9)11-5(8)4(2)7/h2-3,7H2,1H3. The summed E-state index contributed by atoms with van der Waals surface area (Å²) in [6.07, 6.45) is -1.07. The number of nitrogens with two attached hydrogens (primary N) is 1. The zero-order valence-corrected chi connectivity index (χ0v) is 6.12. The van der Waals surface area contributed by atoms with Crippen LogP contribution in [0.1, 0.15) is 6.92 Å². The molecule has 2 N–H and O–H groups in total. The van der Waals surface area contributed by atoms with Crippen LogP contribution in [-0.2, 0) is 14.3 Å². The molecule has 0 rings (SSSR count). The van der Waals surface area contributed by atoms with Gasteiger partial charge in [0.15, 0.2) is 0 Å². The lowest BCUT2D eigenvalue weighted by Gasteiger charge is -2.00. The van der Waals surface area contributed by atoms with Gasteiger partial charge < -0.3 is 15.2 Å². The van der Waals surface area contributed by atoms with Gasteiger partial charge in [0.05, 0.1) is 6.61 Å². The van der Waals surface area contributed by atoms with Gasteiger partial charge in [0.25, 0.3) is 0 Å². The van der Waals surface area contributed by atoms with Crippen LogP contribution in [0.15, 0.2) is 12.3 Å². The van der Waals surface area contributed by atoms with Crippen molar-refractivity contribution in [2.45, 2.75) is 6.92 Å². The van der Waals surface area contributed by atoms with Gasteiger partial charge >= 0.3 is 12.1 Å². The highest BCUT2D eigenvalue weighted by Crippen LogP contribution is 1.89. The van der Waals surface area contributed by atoms with E-state index >= 15 is 0 Å². The van der Waals surface area contributed by atoms with Gasteiger partial charge in [0, 0.05) is 0 Å². The molecular weight excluding hydrogens is 150 g/mol. The first-order chi connectivity index (χ1) is 5.07. The molecule has 0 aromatic heterocycles. The smallest absolute Gasteiger partial charge is 0.434 e. The molecule has 0 aliphatic carbocycles. The molecule has 0 heterocycles. The molecule has 0 spiro atoms. The van der Waals surface area contributed by atoms with Gasteiger partial charge in [-0.2, -0.15) is 0 Å². The summed E-state index contributed by atoms with van der Waals surface area (Å²) < 4.78 is 8.31. The Bertz CT molecular complexity index is 187. The van der Waals surface area contributed by atoms with Crippen molar-refractivity contribution >= 4 is 12.1 Å². The molecule has 5 nitrogen and oxygen atoms in total. The fourth-order valence-electron chi connectivity index (χ4n) is 0.289. The van der Waals surface area contributed by atoms with Crippen LogP contribution < -0.4 is 5.73 Å². The maximum atomic E-state index is 10.5. The molecule has 0 radical (unpaired) electrons. The van der Waals surface area contributed by atoms with Crippen LogP contribution in [0.4, 0.5) is 4.79 Å². The molecule has 11 heavy (non-hydrogen) atoms. The lowest BCUT2D eigenvalue weighted by Crippen LogP contribution is -2.18. The van der Waals surface area contributed by atoms with Crippen LogP contribution in [0.5, 0.6) is 0 Å². The Morgan fingerprint density at radius 3 is 2.45 bits per heavy atom. The molecular formula is C6H9NO4. The Labute approximate surface area is 63.8 Å². The van der Waals surface area contributed by atoms with Crippen LogP contribution in [0.3, 0.4) is 0 Å². The first-order valence-electron chi connectivity index (χ1n) is 2.91. The molecule has 0 saturated carbocycles. The van der Waals surface area contributed by atoms with Crippen LogP contribution in [-0.4, -0.2) is 18.7 Å². The van der Waals surface area contributed by atoms with E-state index in [4.69, 9.17) is 5.73 Å². The van der Waals surface area contributed by atoms with Crippen molar-refractivity contribution in [2.24, 2.45) is 5.73 Å². The normalized spacial score (nSPS) is 8.45. The number of carbonyl (C=O) groups is 2. The predicted molar refractivity (Wildman–Crippen MR) is 36.4 cm³/mol. The minimum absolute atomic E-state index is 0.142. The minimum atomic E-state index is -1.07. The lowest BCUT2D eigenvalue weighted by atomic mass is 10.5. The molecule has 0 aliphatic heterocycles. The molecule has 0 atom stereocenters. The van der Waals surface area contributed by atoms with Crippen molar-refractivity contribution in [3.05, 3.63) is 12.3 Å². The van der Waals surface area contributed by atoms with Gasteiger partial charge in [-0.25, -0.2) is 9.59 Å². The van der Waals surface area contributed by atoms with E-state index < -0.39 is 12.1 Å². The Kier molecular flexibility index (Phi) is 3.72. The summed E-state index contributed by atoms with van der Waals surface area (Å²) in [5.74, 6) is -0.983. The molecule has 0 amide bonds. The molecule has 0 fully saturated rings. The Morgan fingerprint density at radius 1 is 1.55 bits per heavy atom. The van der Waals surface area contributed by atoms with Crippen molar-refractivity contribution < 1.29 is 19.1 Å². The molecule has 62 valence electrons. The average Bonchev–Trinajstić information content (AvgIpc) is 1.87. The largest absolute Gasteiger partial charge is 0.516 e. The zero-order chi connectivity index (χ0) is 8.85. The highest BCUT2D eigenvalue weighted by atomic mass is 16.7. The second-order valence-electron chi connectivity index (χ2n) is 1.60. The summed E-state index contributed by atoms with van der Waals surface area (Å²) in [6.45, 7) is 4.79. The van der Waals surface area contributed by atoms with Crippen molar-refractivity contribution in [2.75, 3.05) is 6.61 Å². The van der Waals surface area contributed by atoms with E-state index in [-0.39, 0.29) is 12.3 Å². The first-order valence-corrected chi connectivity index (χ1v) is 2.91. The minimum Gasteiger partial charge on any atom is -0.434 e. The number of esters is 1. The van der Waals surface area contributed by atoms with Crippen molar-refractivity contribution in [1.29, 1.82) is 0 Å². The van der Waals surface area contributed by atoms with E-state index in [1.807, 2.05) is 0 Å². The Morgan fingerprint density at radius 2 is 2.09 bits per heavy atom. The molecule has 0 bridgehead atoms. The quantitative estimate of drug-likeness (QED) is 0.352. The average molecular weight is 159 g/mol. The summed E-state index contributed by atoms with van der Waals surface area (Å²) in [7, 11) is 0. The number of carbonyl (C=O) groups excluding carboxylic acids is 2. The van der Waals surface area contributed by atoms with Gasteiger partial charge in [0.1, 0.15) is 5.70 Å². The molecule has 0 saturated heterocycles. The van der Waals surface area contributed by atoms with Gasteiger partial charge in [-0.1, -0.05) is 6.58 Å². The fourth-order valence-corrected chi connectivity index (χ4v) is 0.289. The van der Waals surface area contributed by atoms with E-state index in [1.54, 1.807) is 6.92 Å². The second kappa shape index (κ2) is 4.32. The maximum Gasteiger partial charge on any atom is 0.516 e. The summed E-state index contributed by atoms with van der Waals surface area (Å²) in [6, 6.07) is 0. The van der Waals surface area contributed by atoms with E-state index in [0.717, 1.165) is 0 Å². The molecule has 5 heteroatoms. The SMILES string of the molecule is C=C(N)C(=O)OC(=O)OCC. The number of ether oxygens (including phenoxy) is 2. The van der Waals surface area contributed by atoms with Gasteiger partial charge in [-0.05, 0) is 6.92 Å². The second-order valence-corrected chi connectivity index (χ2v) is 1.60. The van der Waals surface area contributed by atoms with Crippen molar-refractivity contribution in [1.82, 2.24) is 0 Å². The van der Waals surface area contributed by atoms with Crippen LogP contribution in [0, 0.1) is 0 Å². The fraction of sp³-hybridized carbons (Fsp3) is 0.333. The van der Waals surface area contributed by atoms with E-state index in [1.165, 1.54) is 0 Å². The van der Waals surface area contributed by atoms with Gasteiger partial charge in [0.2, 0.25) is 0 Å². The Hall–Kier alpha value is -1.52. The van der Waals surface area contributed by atoms with E-state index in [9.17, 15) is 9.59 Å². The summed E-state index contributed by atoms with van der Waals surface area (Å²) in [5.41, 5.74) is 4.57. The summed E-state index contributed by atoms with van der Waals surface area (Å²) in [5, 5.41) is 0. The van der Waals surface area contributed by atoms with Gasteiger partial charge in [-0.15, -0.1) is 0 Å². The first kappa shape index (κ1) is 9.48. The molecule has 0 aromatic carbocycles. The van der Waals surface area contributed by atoms with Crippen LogP contribution in [0.2, 0.25) is 0 Å². The molecule has 0 aliphatic rings. The van der Waals surface area contributed by atoms with Crippen LogP contribution in [0.25, 0.3) is 0 Å². The van der Waals surface area contributed by atoms with E-state index in [2.05, 4.69) is 16.1 Å². The number of hydrogen-bond donors (Lipinski definition) is 1. The third kappa shape index (κ3) is 3.96. The monoisotopic (exact) mass is 159 g/mol. The van der Waals surface area contributed by atoms with Gasteiger partial charge in [-0.3, -0.25) is 0 Å². The number of rotatable bonds is 2. The summed E-state index contributed by atoms with van der Waals surface area (Å²) in [4.78, 5) is 20.9. The van der Waals surface area contributed by atoms with E-state index in [0.29, 0.717) is 0 Å². The topological polar surface area (TPSA) is 78.6 Å². The number of hydrogen-bond acceptors (Lipinski definition) is 5. The van der Waals surface area contributed by atoms with Crippen molar-refractivity contribution in [3.8, 4) is 0 Å². The summed E-state index contributed by atoms with van der Waals surface area (Å²) >= 11 is 0. The Balaban J connectivity index is 3.76. The lowest BCUT2D eigenvalue weighted by molar-refractivity contribution is -0.135. The third-order valence-electron chi connectivity index (χ3n) is 0.700. The third-order valence-corrected chi connectivity index (χ3v) is 0.700. The molecule has 0 unspecified atom stereocenters. The highest BCUT2D eigenvalue weighted by Gasteiger charge is 2.11. The van der Waals surface area contributed by atoms with Crippen LogP contribution >= 0.6 is 0 Å². The van der Waals surface area contributed by atoms with Crippen molar-refractivity contribution in [3.63, 3.8) is 0 Å². The molecule has 0 aromatic rings. The zero-order valence-electron chi connectivity index (χ0n) is 6.12. The maximum absolute atomic E-state index is 10.5. The predicted octanol–water partition coefficient (Wildman–Crippen LogP) is 0.158. The highest BCUT2D eigenvalue weighted by molar-refractivity contribution is 5.93.